The molecule has 7 heteroatoms. The third-order valence-corrected chi connectivity index (χ3v) is 2.34. The van der Waals surface area contributed by atoms with Crippen molar-refractivity contribution < 1.29 is 17.9 Å². The molecule has 0 aliphatic heterocycles. The van der Waals surface area contributed by atoms with Crippen LogP contribution in [-0.4, -0.2) is 35.7 Å². The molecule has 0 atom stereocenters. The van der Waals surface area contributed by atoms with Crippen LogP contribution in [0.5, 0.6) is 0 Å². The number of aromatic nitrogens is 2. The van der Waals surface area contributed by atoms with Crippen LogP contribution in [0.1, 0.15) is 26.3 Å². The number of ether oxygens (including phenoxy) is 1. The van der Waals surface area contributed by atoms with Gasteiger partial charge < -0.3 is 10.1 Å². The van der Waals surface area contributed by atoms with E-state index in [1.165, 1.54) is 0 Å². The van der Waals surface area contributed by atoms with Crippen molar-refractivity contribution in [2.45, 2.75) is 39.0 Å². The summed E-state index contributed by atoms with van der Waals surface area (Å²) in [6, 6.07) is 0. The van der Waals surface area contributed by atoms with Crippen molar-refractivity contribution in [3.05, 3.63) is 18.0 Å². The predicted molar refractivity (Wildman–Crippen MR) is 65.8 cm³/mol. The van der Waals surface area contributed by atoms with Gasteiger partial charge in [0.1, 0.15) is 6.61 Å². The van der Waals surface area contributed by atoms with Gasteiger partial charge in [0, 0.05) is 24.8 Å². The molecule has 0 aromatic carbocycles. The van der Waals surface area contributed by atoms with Gasteiger partial charge >= 0.3 is 6.18 Å². The summed E-state index contributed by atoms with van der Waals surface area (Å²) in [4.78, 5) is 0. The Kier molecular flexibility index (Phi) is 5.37. The zero-order valence-electron chi connectivity index (χ0n) is 11.4. The van der Waals surface area contributed by atoms with E-state index in [1.54, 1.807) is 6.20 Å². The number of nitrogens with zero attached hydrogens (tertiary/aromatic N) is 2. The molecule has 19 heavy (non-hydrogen) atoms. The first kappa shape index (κ1) is 16.0. The fraction of sp³-hybridized carbons (Fsp3) is 0.750. The molecular weight excluding hydrogens is 259 g/mol. The Morgan fingerprint density at radius 3 is 2.53 bits per heavy atom. The van der Waals surface area contributed by atoms with E-state index in [2.05, 4.69) is 15.2 Å². The van der Waals surface area contributed by atoms with Crippen molar-refractivity contribution in [2.24, 2.45) is 0 Å². The van der Waals surface area contributed by atoms with Crippen molar-refractivity contribution in [2.75, 3.05) is 19.8 Å². The molecule has 0 unspecified atom stereocenters. The molecule has 0 bridgehead atoms. The maximum Gasteiger partial charge on any atom is 0.411 e. The summed E-state index contributed by atoms with van der Waals surface area (Å²) in [5.41, 5.74) is 0.916. The zero-order valence-corrected chi connectivity index (χ0v) is 11.4. The third-order valence-electron chi connectivity index (χ3n) is 2.34. The van der Waals surface area contributed by atoms with E-state index in [0.29, 0.717) is 13.1 Å². The van der Waals surface area contributed by atoms with E-state index in [9.17, 15) is 13.2 Å². The molecule has 1 aromatic rings. The molecule has 110 valence electrons. The first-order valence-corrected chi connectivity index (χ1v) is 6.08. The second-order valence-electron chi connectivity index (χ2n) is 5.31. The smallest absolute Gasteiger partial charge is 0.371 e. The summed E-state index contributed by atoms with van der Waals surface area (Å²) in [5.74, 6) is 0. The fourth-order valence-electron chi connectivity index (χ4n) is 1.38. The molecule has 4 nitrogen and oxygen atoms in total. The largest absolute Gasteiger partial charge is 0.411 e. The van der Waals surface area contributed by atoms with E-state index < -0.39 is 12.8 Å². The molecular formula is C12H20F3N3O. The molecule has 0 spiro atoms. The topological polar surface area (TPSA) is 39.1 Å². The lowest BCUT2D eigenvalue weighted by Crippen LogP contribution is -2.24. The number of halogens is 3. The highest BCUT2D eigenvalue weighted by Gasteiger charge is 2.27. The highest BCUT2D eigenvalue weighted by molar-refractivity contribution is 5.04. The Balaban J connectivity index is 2.18. The molecule has 0 fully saturated rings. The van der Waals surface area contributed by atoms with Crippen LogP contribution in [0.3, 0.4) is 0 Å². The first-order chi connectivity index (χ1) is 8.68. The standard InChI is InChI=1S/C12H20F3N3O/c1-11(2,3)18-8-10(7-17-18)6-16-4-5-19-9-12(13,14)15/h7-8,16H,4-6,9H2,1-3H3. The van der Waals surface area contributed by atoms with Gasteiger partial charge in [0.05, 0.1) is 18.3 Å². The second-order valence-corrected chi connectivity index (χ2v) is 5.31. The molecule has 1 rings (SSSR count). The Labute approximate surface area is 110 Å². The summed E-state index contributed by atoms with van der Waals surface area (Å²) in [6.07, 6.45) is -0.591. The number of hydrogen-bond acceptors (Lipinski definition) is 3. The Bertz CT molecular complexity index is 382. The average Bonchev–Trinajstić information content (AvgIpc) is 2.69. The SMILES string of the molecule is CC(C)(C)n1cc(CNCCOCC(F)(F)F)cn1. The molecule has 0 amide bonds. The van der Waals surface area contributed by atoms with Gasteiger partial charge in [-0.1, -0.05) is 0 Å². The minimum atomic E-state index is -4.26. The third kappa shape index (κ3) is 6.58. The normalized spacial score (nSPS) is 12.9. The van der Waals surface area contributed by atoms with Gasteiger partial charge in [-0.05, 0) is 20.8 Å². The van der Waals surface area contributed by atoms with E-state index in [-0.39, 0.29) is 12.1 Å². The van der Waals surface area contributed by atoms with Gasteiger partial charge in [-0.2, -0.15) is 18.3 Å². The van der Waals surface area contributed by atoms with Gasteiger partial charge in [-0.25, -0.2) is 0 Å². The molecule has 1 N–H and O–H groups in total. The summed E-state index contributed by atoms with van der Waals surface area (Å²) >= 11 is 0. The van der Waals surface area contributed by atoms with Crippen LogP contribution in [0.15, 0.2) is 12.4 Å². The number of hydrogen-bond donors (Lipinski definition) is 1. The Hall–Kier alpha value is -1.08. The highest BCUT2D eigenvalue weighted by atomic mass is 19.4. The average molecular weight is 279 g/mol. The predicted octanol–water partition coefficient (Wildman–Crippen LogP) is 2.31. The minimum absolute atomic E-state index is 0.0346. The van der Waals surface area contributed by atoms with Crippen molar-refractivity contribution in [1.82, 2.24) is 15.1 Å². The lowest BCUT2D eigenvalue weighted by atomic mass is 10.1. The van der Waals surface area contributed by atoms with Crippen LogP contribution in [0.2, 0.25) is 0 Å². The maximum atomic E-state index is 11.8. The van der Waals surface area contributed by atoms with Gasteiger partial charge in [0.2, 0.25) is 0 Å². The van der Waals surface area contributed by atoms with Gasteiger partial charge in [0.25, 0.3) is 0 Å². The number of nitrogens with one attached hydrogen (secondary N) is 1. The van der Waals surface area contributed by atoms with Gasteiger partial charge in [0.15, 0.2) is 0 Å². The van der Waals surface area contributed by atoms with Crippen molar-refractivity contribution in [3.8, 4) is 0 Å². The molecule has 0 saturated carbocycles. The lowest BCUT2D eigenvalue weighted by Gasteiger charge is -2.18. The lowest BCUT2D eigenvalue weighted by molar-refractivity contribution is -0.173. The van der Waals surface area contributed by atoms with Crippen molar-refractivity contribution in [3.63, 3.8) is 0 Å². The Morgan fingerprint density at radius 1 is 1.32 bits per heavy atom. The molecule has 0 saturated heterocycles. The summed E-state index contributed by atoms with van der Waals surface area (Å²) in [5, 5.41) is 7.24. The molecule has 0 aliphatic rings. The van der Waals surface area contributed by atoms with Crippen LogP contribution in [0.25, 0.3) is 0 Å². The summed E-state index contributed by atoms with van der Waals surface area (Å²) in [7, 11) is 0. The van der Waals surface area contributed by atoms with Crippen molar-refractivity contribution >= 4 is 0 Å². The second kappa shape index (κ2) is 6.38. The molecule has 0 radical (unpaired) electrons. The zero-order chi connectivity index (χ0) is 14.5. The van der Waals surface area contributed by atoms with Crippen LogP contribution >= 0.6 is 0 Å². The summed E-state index contributed by atoms with van der Waals surface area (Å²) in [6.45, 7) is 5.90. The summed E-state index contributed by atoms with van der Waals surface area (Å²) < 4.78 is 41.7. The highest BCUT2D eigenvalue weighted by Crippen LogP contribution is 2.14. The number of rotatable bonds is 6. The molecule has 1 aromatic heterocycles. The first-order valence-electron chi connectivity index (χ1n) is 6.08. The quantitative estimate of drug-likeness (QED) is 0.812. The minimum Gasteiger partial charge on any atom is -0.371 e. The van der Waals surface area contributed by atoms with Crippen LogP contribution < -0.4 is 5.32 Å². The fourth-order valence-corrected chi connectivity index (χ4v) is 1.38. The Morgan fingerprint density at radius 2 is 2.00 bits per heavy atom. The molecule has 1 heterocycles. The monoisotopic (exact) mass is 279 g/mol. The van der Waals surface area contributed by atoms with Crippen molar-refractivity contribution in [1.29, 1.82) is 0 Å². The maximum absolute atomic E-state index is 11.8. The van der Waals surface area contributed by atoms with Crippen LogP contribution in [0.4, 0.5) is 13.2 Å². The van der Waals surface area contributed by atoms with Gasteiger partial charge in [-0.15, -0.1) is 0 Å². The van der Waals surface area contributed by atoms with Gasteiger partial charge in [-0.3, -0.25) is 4.68 Å². The van der Waals surface area contributed by atoms with E-state index in [0.717, 1.165) is 5.56 Å². The van der Waals surface area contributed by atoms with E-state index in [4.69, 9.17) is 0 Å². The number of alkyl halides is 3. The van der Waals surface area contributed by atoms with Crippen LogP contribution in [0, 0.1) is 0 Å². The molecule has 0 aliphatic carbocycles. The van der Waals surface area contributed by atoms with Crippen LogP contribution in [-0.2, 0) is 16.8 Å². The van der Waals surface area contributed by atoms with E-state index in [1.807, 2.05) is 31.6 Å². The van der Waals surface area contributed by atoms with E-state index >= 15 is 0 Å².